The van der Waals surface area contributed by atoms with Crippen LogP contribution in [0.2, 0.25) is 0 Å². The Kier molecular flexibility index (Phi) is 3.45. The molecule has 0 aliphatic carbocycles. The second-order valence-corrected chi connectivity index (χ2v) is 6.67. The number of nitrogens with zero attached hydrogens (tertiary/aromatic N) is 6. The molecule has 0 N–H and O–H groups in total. The summed E-state index contributed by atoms with van der Waals surface area (Å²) < 4.78 is 3.74. The maximum atomic E-state index is 12.6. The van der Waals surface area contributed by atoms with Crippen LogP contribution < -0.4 is 0 Å². The number of carbonyl (C=O) groups is 1. The zero-order valence-electron chi connectivity index (χ0n) is 12.7. The van der Waals surface area contributed by atoms with E-state index in [1.807, 2.05) is 45.6 Å². The normalized spacial score (nSPS) is 14.9. The monoisotopic (exact) mass is 328 g/mol. The van der Waals surface area contributed by atoms with E-state index in [1.165, 1.54) is 17.7 Å². The second kappa shape index (κ2) is 5.62. The van der Waals surface area contributed by atoms with Crippen LogP contribution in [0.4, 0.5) is 0 Å². The fourth-order valence-electron chi connectivity index (χ4n) is 2.74. The lowest BCUT2D eigenvalue weighted by atomic mass is 10.00. The van der Waals surface area contributed by atoms with Crippen molar-refractivity contribution < 1.29 is 4.79 Å². The van der Waals surface area contributed by atoms with Crippen molar-refractivity contribution in [2.24, 2.45) is 5.92 Å². The SMILES string of the molecule is Cc1nc(-n2cccc2)sc1C(=O)N1CC(Cn2cncn2)C1. The van der Waals surface area contributed by atoms with Gasteiger partial charge in [-0.2, -0.15) is 5.10 Å². The maximum absolute atomic E-state index is 12.6. The number of hydrogen-bond acceptors (Lipinski definition) is 5. The van der Waals surface area contributed by atoms with Gasteiger partial charge in [-0.3, -0.25) is 9.48 Å². The van der Waals surface area contributed by atoms with Gasteiger partial charge in [0, 0.05) is 37.9 Å². The molecule has 1 aliphatic heterocycles. The van der Waals surface area contributed by atoms with Gasteiger partial charge in [0.1, 0.15) is 17.5 Å². The third kappa shape index (κ3) is 2.65. The van der Waals surface area contributed by atoms with Gasteiger partial charge >= 0.3 is 0 Å². The molecule has 0 saturated carbocycles. The van der Waals surface area contributed by atoms with E-state index in [0.717, 1.165) is 35.3 Å². The van der Waals surface area contributed by atoms with Crippen molar-refractivity contribution in [1.82, 2.24) is 29.2 Å². The molecule has 23 heavy (non-hydrogen) atoms. The lowest BCUT2D eigenvalue weighted by Gasteiger charge is -2.38. The minimum atomic E-state index is 0.0771. The number of rotatable bonds is 4. The van der Waals surface area contributed by atoms with E-state index in [-0.39, 0.29) is 5.91 Å². The lowest BCUT2D eigenvalue weighted by Crippen LogP contribution is -2.51. The zero-order chi connectivity index (χ0) is 15.8. The van der Waals surface area contributed by atoms with Crippen LogP contribution >= 0.6 is 11.3 Å². The Balaban J connectivity index is 1.42. The smallest absolute Gasteiger partial charge is 0.265 e. The first-order chi connectivity index (χ1) is 11.2. The molecule has 0 bridgehead atoms. The molecule has 0 spiro atoms. The van der Waals surface area contributed by atoms with E-state index in [9.17, 15) is 4.79 Å². The molecule has 1 aliphatic rings. The maximum Gasteiger partial charge on any atom is 0.265 e. The van der Waals surface area contributed by atoms with Crippen LogP contribution in [0.15, 0.2) is 37.2 Å². The van der Waals surface area contributed by atoms with Gasteiger partial charge in [-0.1, -0.05) is 11.3 Å². The van der Waals surface area contributed by atoms with E-state index in [1.54, 1.807) is 6.33 Å². The van der Waals surface area contributed by atoms with E-state index < -0.39 is 0 Å². The summed E-state index contributed by atoms with van der Waals surface area (Å²) in [5.41, 5.74) is 0.795. The summed E-state index contributed by atoms with van der Waals surface area (Å²) in [6.45, 7) is 4.22. The molecule has 0 unspecified atom stereocenters. The molecule has 1 saturated heterocycles. The molecule has 4 heterocycles. The Hall–Kier alpha value is -2.48. The molecule has 118 valence electrons. The molecule has 0 aromatic carbocycles. The van der Waals surface area contributed by atoms with Gasteiger partial charge in [0.25, 0.3) is 5.91 Å². The van der Waals surface area contributed by atoms with E-state index >= 15 is 0 Å². The third-order valence-electron chi connectivity index (χ3n) is 3.96. The summed E-state index contributed by atoms with van der Waals surface area (Å²) in [4.78, 5) is 23.7. The fraction of sp³-hybridized carbons (Fsp3) is 0.333. The molecule has 0 radical (unpaired) electrons. The number of aryl methyl sites for hydroxylation is 1. The van der Waals surface area contributed by atoms with Crippen molar-refractivity contribution >= 4 is 17.2 Å². The topological polar surface area (TPSA) is 68.8 Å². The van der Waals surface area contributed by atoms with Crippen LogP contribution in [0.25, 0.3) is 5.13 Å². The molecule has 3 aromatic heterocycles. The molecule has 1 amide bonds. The predicted octanol–water partition coefficient (Wildman–Crippen LogP) is 1.61. The zero-order valence-corrected chi connectivity index (χ0v) is 13.5. The highest BCUT2D eigenvalue weighted by Crippen LogP contribution is 2.27. The Bertz CT molecular complexity index is 801. The molecule has 8 heteroatoms. The van der Waals surface area contributed by atoms with Gasteiger partial charge in [0.2, 0.25) is 0 Å². The molecule has 1 fully saturated rings. The number of aromatic nitrogens is 5. The van der Waals surface area contributed by atoms with Crippen LogP contribution in [-0.4, -0.2) is 48.2 Å². The number of carbonyl (C=O) groups excluding carboxylic acids is 1. The van der Waals surface area contributed by atoms with Crippen molar-refractivity contribution in [3.63, 3.8) is 0 Å². The second-order valence-electron chi connectivity index (χ2n) is 5.69. The van der Waals surface area contributed by atoms with Crippen molar-refractivity contribution in [1.29, 1.82) is 0 Å². The van der Waals surface area contributed by atoms with E-state index in [4.69, 9.17) is 0 Å². The van der Waals surface area contributed by atoms with E-state index in [0.29, 0.717) is 5.92 Å². The van der Waals surface area contributed by atoms with Crippen LogP contribution in [0, 0.1) is 12.8 Å². The summed E-state index contributed by atoms with van der Waals surface area (Å²) in [6, 6.07) is 3.89. The Morgan fingerprint density at radius 2 is 2.13 bits per heavy atom. The molecular formula is C15H16N6OS. The highest BCUT2D eigenvalue weighted by Gasteiger charge is 2.33. The molecular weight excluding hydrogens is 312 g/mol. The third-order valence-corrected chi connectivity index (χ3v) is 5.12. The molecule has 0 atom stereocenters. The van der Waals surface area contributed by atoms with Crippen LogP contribution in [0.3, 0.4) is 0 Å². The Labute approximate surface area is 137 Å². The largest absolute Gasteiger partial charge is 0.337 e. The summed E-state index contributed by atoms with van der Waals surface area (Å²) in [5, 5.41) is 4.93. The van der Waals surface area contributed by atoms with Gasteiger partial charge in [-0.25, -0.2) is 9.97 Å². The van der Waals surface area contributed by atoms with Gasteiger partial charge in [0.15, 0.2) is 5.13 Å². The average Bonchev–Trinajstić information content (AvgIpc) is 3.22. The Morgan fingerprint density at radius 1 is 1.35 bits per heavy atom. The Morgan fingerprint density at radius 3 is 2.83 bits per heavy atom. The van der Waals surface area contributed by atoms with Gasteiger partial charge in [0.05, 0.1) is 5.69 Å². The van der Waals surface area contributed by atoms with E-state index in [2.05, 4.69) is 15.1 Å². The summed E-state index contributed by atoms with van der Waals surface area (Å²) in [6.07, 6.45) is 7.11. The summed E-state index contributed by atoms with van der Waals surface area (Å²) >= 11 is 1.44. The van der Waals surface area contributed by atoms with Gasteiger partial charge < -0.3 is 9.47 Å². The number of thiazole rings is 1. The quantitative estimate of drug-likeness (QED) is 0.729. The molecule has 7 nitrogen and oxygen atoms in total. The lowest BCUT2D eigenvalue weighted by molar-refractivity contribution is 0.0465. The number of amides is 1. The predicted molar refractivity (Wildman–Crippen MR) is 85.6 cm³/mol. The summed E-state index contributed by atoms with van der Waals surface area (Å²) in [5.74, 6) is 0.519. The summed E-state index contributed by atoms with van der Waals surface area (Å²) in [7, 11) is 0. The standard InChI is InChI=1S/C15H16N6OS/c1-11-13(23-15(18-11)19-4-2-3-5-19)14(22)20-6-12(7-20)8-21-10-16-9-17-21/h2-5,9-10,12H,6-8H2,1H3. The average molecular weight is 328 g/mol. The first kappa shape index (κ1) is 14.1. The molecule has 3 aromatic rings. The van der Waals surface area contributed by atoms with Crippen molar-refractivity contribution in [2.45, 2.75) is 13.5 Å². The van der Waals surface area contributed by atoms with Crippen LogP contribution in [0.5, 0.6) is 0 Å². The van der Waals surface area contributed by atoms with Crippen LogP contribution in [0.1, 0.15) is 15.4 Å². The number of likely N-dealkylation sites (tertiary alicyclic amines) is 1. The minimum absolute atomic E-state index is 0.0771. The minimum Gasteiger partial charge on any atom is -0.337 e. The van der Waals surface area contributed by atoms with Crippen molar-refractivity contribution in [3.8, 4) is 5.13 Å². The fourth-order valence-corrected chi connectivity index (χ4v) is 3.74. The van der Waals surface area contributed by atoms with Crippen molar-refractivity contribution in [2.75, 3.05) is 13.1 Å². The first-order valence-corrected chi connectivity index (χ1v) is 8.25. The number of hydrogen-bond donors (Lipinski definition) is 0. The highest BCUT2D eigenvalue weighted by molar-refractivity contribution is 7.16. The highest BCUT2D eigenvalue weighted by atomic mass is 32.1. The van der Waals surface area contributed by atoms with Crippen LogP contribution in [-0.2, 0) is 6.54 Å². The van der Waals surface area contributed by atoms with Gasteiger partial charge in [-0.05, 0) is 19.1 Å². The molecule has 4 rings (SSSR count). The first-order valence-electron chi connectivity index (χ1n) is 7.43. The van der Waals surface area contributed by atoms with Gasteiger partial charge in [-0.15, -0.1) is 0 Å². The van der Waals surface area contributed by atoms with Crippen molar-refractivity contribution in [3.05, 3.63) is 47.8 Å².